The first-order valence-electron chi connectivity index (χ1n) is 4.96. The van der Waals surface area contributed by atoms with Crippen molar-refractivity contribution in [2.45, 2.75) is 13.0 Å². The Balaban J connectivity index is 2.36. The zero-order chi connectivity index (χ0) is 10.8. The maximum absolute atomic E-state index is 13.9. The molecule has 0 saturated carbocycles. The van der Waals surface area contributed by atoms with Gasteiger partial charge in [-0.05, 0) is 34.5 Å². The van der Waals surface area contributed by atoms with Gasteiger partial charge in [0, 0.05) is 12.1 Å². The highest BCUT2D eigenvalue weighted by Gasteiger charge is 2.21. The van der Waals surface area contributed by atoms with Crippen molar-refractivity contribution in [2.24, 2.45) is 0 Å². The van der Waals surface area contributed by atoms with Gasteiger partial charge in [0.25, 0.3) is 0 Å². The molecule has 15 heavy (non-hydrogen) atoms. The zero-order valence-electron chi connectivity index (χ0n) is 8.52. The average Bonchev–Trinajstić information content (AvgIpc) is 2.26. The lowest BCUT2D eigenvalue weighted by Gasteiger charge is -2.26. The molecule has 1 aliphatic rings. The third-order valence-electron chi connectivity index (χ3n) is 2.62. The van der Waals surface area contributed by atoms with Crippen LogP contribution in [0.3, 0.4) is 0 Å². The zero-order valence-corrected chi connectivity index (χ0v) is 10.1. The summed E-state index contributed by atoms with van der Waals surface area (Å²) in [6.07, 6.45) is 0. The number of halogens is 2. The quantitative estimate of drug-likeness (QED) is 0.849. The molecule has 1 fully saturated rings. The number of rotatable bonds is 1. The highest BCUT2D eigenvalue weighted by molar-refractivity contribution is 9.10. The van der Waals surface area contributed by atoms with Crippen molar-refractivity contribution in [1.82, 2.24) is 5.32 Å². The second-order valence-corrected chi connectivity index (χ2v) is 4.53. The van der Waals surface area contributed by atoms with Crippen molar-refractivity contribution in [2.75, 3.05) is 19.8 Å². The molecule has 1 atom stereocenters. The van der Waals surface area contributed by atoms with Crippen LogP contribution in [0.1, 0.15) is 17.2 Å². The molecule has 1 aliphatic heterocycles. The molecule has 0 radical (unpaired) electrons. The summed E-state index contributed by atoms with van der Waals surface area (Å²) in [4.78, 5) is 0. The smallest absolute Gasteiger partial charge is 0.142 e. The molecule has 82 valence electrons. The maximum Gasteiger partial charge on any atom is 0.142 e. The molecule has 1 aromatic rings. The summed E-state index contributed by atoms with van der Waals surface area (Å²) >= 11 is 3.20. The third kappa shape index (κ3) is 2.22. The van der Waals surface area contributed by atoms with Crippen molar-refractivity contribution in [3.8, 4) is 0 Å². The van der Waals surface area contributed by atoms with Crippen LogP contribution in [-0.4, -0.2) is 19.8 Å². The second-order valence-electron chi connectivity index (χ2n) is 3.67. The van der Waals surface area contributed by atoms with E-state index in [-0.39, 0.29) is 11.9 Å². The molecule has 0 aromatic heterocycles. The van der Waals surface area contributed by atoms with Crippen LogP contribution in [0.4, 0.5) is 4.39 Å². The van der Waals surface area contributed by atoms with Crippen LogP contribution in [-0.2, 0) is 4.74 Å². The number of hydrogen-bond acceptors (Lipinski definition) is 2. The van der Waals surface area contributed by atoms with E-state index in [0.29, 0.717) is 23.2 Å². The molecule has 1 saturated heterocycles. The Labute approximate surface area is 96.9 Å². The van der Waals surface area contributed by atoms with Crippen LogP contribution in [0.15, 0.2) is 16.6 Å². The van der Waals surface area contributed by atoms with Crippen LogP contribution in [0.5, 0.6) is 0 Å². The Morgan fingerprint density at radius 2 is 2.33 bits per heavy atom. The van der Waals surface area contributed by atoms with Crippen molar-refractivity contribution in [3.05, 3.63) is 33.5 Å². The fraction of sp³-hybridized carbons (Fsp3) is 0.455. The van der Waals surface area contributed by atoms with E-state index < -0.39 is 0 Å². The maximum atomic E-state index is 13.9. The van der Waals surface area contributed by atoms with Crippen LogP contribution in [0.2, 0.25) is 0 Å². The van der Waals surface area contributed by atoms with Crippen molar-refractivity contribution in [1.29, 1.82) is 0 Å². The largest absolute Gasteiger partial charge is 0.378 e. The predicted molar refractivity (Wildman–Crippen MR) is 60.4 cm³/mol. The highest BCUT2D eigenvalue weighted by Crippen LogP contribution is 2.28. The number of nitrogens with one attached hydrogen (secondary N) is 1. The number of morpholine rings is 1. The van der Waals surface area contributed by atoms with E-state index in [1.165, 1.54) is 0 Å². The van der Waals surface area contributed by atoms with Gasteiger partial charge in [-0.3, -0.25) is 0 Å². The van der Waals surface area contributed by atoms with Gasteiger partial charge in [-0.15, -0.1) is 0 Å². The Kier molecular flexibility index (Phi) is 3.38. The summed E-state index contributed by atoms with van der Waals surface area (Å²) < 4.78 is 19.8. The van der Waals surface area contributed by atoms with Crippen molar-refractivity contribution in [3.63, 3.8) is 0 Å². The molecule has 1 unspecified atom stereocenters. The van der Waals surface area contributed by atoms with Gasteiger partial charge in [0.15, 0.2) is 0 Å². The summed E-state index contributed by atoms with van der Waals surface area (Å²) in [6.45, 7) is 3.93. The molecule has 4 heteroatoms. The van der Waals surface area contributed by atoms with Crippen LogP contribution < -0.4 is 5.32 Å². The molecule has 2 rings (SSSR count). The Morgan fingerprint density at radius 3 is 3.00 bits per heavy atom. The molecule has 2 nitrogen and oxygen atoms in total. The topological polar surface area (TPSA) is 21.3 Å². The van der Waals surface area contributed by atoms with Gasteiger partial charge >= 0.3 is 0 Å². The lowest BCUT2D eigenvalue weighted by Crippen LogP contribution is -2.35. The molecule has 1 N–H and O–H groups in total. The second kappa shape index (κ2) is 4.60. The number of aryl methyl sites for hydroxylation is 1. The third-order valence-corrected chi connectivity index (χ3v) is 3.23. The molecular weight excluding hydrogens is 261 g/mol. The van der Waals surface area contributed by atoms with E-state index in [1.807, 2.05) is 13.0 Å². The van der Waals surface area contributed by atoms with Gasteiger partial charge in [0.05, 0.1) is 23.7 Å². The highest BCUT2D eigenvalue weighted by atomic mass is 79.9. The summed E-state index contributed by atoms with van der Waals surface area (Å²) in [6, 6.07) is 3.62. The minimum absolute atomic E-state index is 0.0313. The number of hydrogen-bond donors (Lipinski definition) is 1. The fourth-order valence-corrected chi connectivity index (χ4v) is 2.19. The first-order valence-corrected chi connectivity index (χ1v) is 5.75. The Hall–Kier alpha value is -0.450. The summed E-state index contributed by atoms with van der Waals surface area (Å²) in [7, 11) is 0. The van der Waals surface area contributed by atoms with E-state index in [1.54, 1.807) is 6.07 Å². The summed E-state index contributed by atoms with van der Waals surface area (Å²) in [5.41, 5.74) is 1.67. The minimum Gasteiger partial charge on any atom is -0.378 e. The molecule has 0 bridgehead atoms. The monoisotopic (exact) mass is 273 g/mol. The van der Waals surface area contributed by atoms with E-state index in [9.17, 15) is 4.39 Å². The fourth-order valence-electron chi connectivity index (χ4n) is 1.84. The standard InChI is InChI=1S/C11H13BrFNO/c1-7-2-3-8(12)11(13)10(7)9-6-15-5-4-14-9/h2-3,9,14H,4-6H2,1H3. The number of benzene rings is 1. The van der Waals surface area contributed by atoms with Crippen LogP contribution >= 0.6 is 15.9 Å². The van der Waals surface area contributed by atoms with Gasteiger partial charge < -0.3 is 10.1 Å². The predicted octanol–water partition coefficient (Wildman–Crippen LogP) is 2.56. The summed E-state index contributed by atoms with van der Waals surface area (Å²) in [5.74, 6) is -0.182. The summed E-state index contributed by atoms with van der Waals surface area (Å²) in [5, 5.41) is 3.26. The van der Waals surface area contributed by atoms with E-state index >= 15 is 0 Å². The van der Waals surface area contributed by atoms with Gasteiger partial charge in [0.1, 0.15) is 5.82 Å². The lowest BCUT2D eigenvalue weighted by molar-refractivity contribution is 0.0755. The first-order chi connectivity index (χ1) is 7.20. The van der Waals surface area contributed by atoms with E-state index in [0.717, 1.165) is 12.1 Å². The molecular formula is C11H13BrFNO. The van der Waals surface area contributed by atoms with E-state index in [4.69, 9.17) is 4.74 Å². The van der Waals surface area contributed by atoms with Gasteiger partial charge in [-0.1, -0.05) is 6.07 Å². The number of ether oxygens (including phenoxy) is 1. The normalized spacial score (nSPS) is 21.7. The Bertz CT molecular complexity index is 364. The lowest BCUT2D eigenvalue weighted by atomic mass is 10.0. The minimum atomic E-state index is -0.182. The van der Waals surface area contributed by atoms with Gasteiger partial charge in [0.2, 0.25) is 0 Å². The first kappa shape index (κ1) is 11.0. The van der Waals surface area contributed by atoms with E-state index in [2.05, 4.69) is 21.2 Å². The van der Waals surface area contributed by atoms with Crippen LogP contribution in [0, 0.1) is 12.7 Å². The molecule has 1 heterocycles. The van der Waals surface area contributed by atoms with Gasteiger partial charge in [-0.25, -0.2) is 4.39 Å². The average molecular weight is 274 g/mol. The molecule has 0 aliphatic carbocycles. The molecule has 1 aromatic carbocycles. The molecule has 0 amide bonds. The Morgan fingerprint density at radius 1 is 1.53 bits per heavy atom. The van der Waals surface area contributed by atoms with Crippen molar-refractivity contribution < 1.29 is 9.13 Å². The van der Waals surface area contributed by atoms with Gasteiger partial charge in [-0.2, -0.15) is 0 Å². The van der Waals surface area contributed by atoms with Crippen LogP contribution in [0.25, 0.3) is 0 Å². The van der Waals surface area contributed by atoms with Crippen molar-refractivity contribution >= 4 is 15.9 Å². The SMILES string of the molecule is Cc1ccc(Br)c(F)c1C1COCCN1. The molecule has 0 spiro atoms.